The number of nitrogens with one attached hydrogen (secondary N) is 1. The highest BCUT2D eigenvalue weighted by atomic mass is 32.2. The van der Waals surface area contributed by atoms with E-state index in [1.807, 2.05) is 29.4 Å². The minimum atomic E-state index is -0.195. The van der Waals surface area contributed by atoms with Crippen LogP contribution >= 0.6 is 11.8 Å². The number of carbonyl (C=O) groups is 1. The van der Waals surface area contributed by atoms with Crippen LogP contribution in [0.1, 0.15) is 70.7 Å². The molecule has 124 valence electrons. The molecule has 0 bridgehead atoms. The Morgan fingerprint density at radius 3 is 2.77 bits per heavy atom. The Morgan fingerprint density at radius 2 is 2.09 bits per heavy atom. The van der Waals surface area contributed by atoms with Crippen molar-refractivity contribution in [1.82, 2.24) is 14.9 Å². The number of amides is 1. The first-order valence-electron chi connectivity index (χ1n) is 8.51. The number of carbonyl (C=O) groups excluding carboxylic acids is 1. The summed E-state index contributed by atoms with van der Waals surface area (Å²) in [7, 11) is 0. The van der Waals surface area contributed by atoms with Crippen LogP contribution in [-0.4, -0.2) is 33.0 Å². The van der Waals surface area contributed by atoms with Gasteiger partial charge in [-0.1, -0.05) is 33.1 Å². The van der Waals surface area contributed by atoms with Crippen LogP contribution in [-0.2, 0) is 4.79 Å². The zero-order valence-electron chi connectivity index (χ0n) is 14.0. The molecule has 2 rings (SSSR count). The third-order valence-electron chi connectivity index (χ3n) is 4.32. The highest BCUT2D eigenvalue weighted by Gasteiger charge is 2.19. The van der Waals surface area contributed by atoms with E-state index >= 15 is 0 Å². The summed E-state index contributed by atoms with van der Waals surface area (Å²) < 4.78 is 1.98. The van der Waals surface area contributed by atoms with Gasteiger partial charge >= 0.3 is 0 Å². The molecule has 0 saturated heterocycles. The average Bonchev–Trinajstić information content (AvgIpc) is 3.01. The van der Waals surface area contributed by atoms with Crippen molar-refractivity contribution < 1.29 is 4.79 Å². The van der Waals surface area contributed by atoms with Crippen molar-refractivity contribution in [2.45, 2.75) is 70.1 Å². The number of aromatic nitrogens is 2. The van der Waals surface area contributed by atoms with E-state index in [-0.39, 0.29) is 11.9 Å². The first kappa shape index (κ1) is 17.4. The molecule has 1 fully saturated rings. The van der Waals surface area contributed by atoms with Crippen molar-refractivity contribution >= 4 is 17.7 Å². The summed E-state index contributed by atoms with van der Waals surface area (Å²) in [5.74, 6) is 2.40. The smallest absolute Gasteiger partial charge is 0.242 e. The van der Waals surface area contributed by atoms with Gasteiger partial charge in [-0.05, 0) is 19.8 Å². The molecule has 5 heteroatoms. The number of imidazole rings is 1. The van der Waals surface area contributed by atoms with E-state index in [0.717, 1.165) is 23.4 Å². The summed E-state index contributed by atoms with van der Waals surface area (Å²) >= 11 is 2.02. The van der Waals surface area contributed by atoms with E-state index < -0.39 is 0 Å². The molecule has 1 heterocycles. The fourth-order valence-corrected chi connectivity index (χ4v) is 4.22. The van der Waals surface area contributed by atoms with Crippen LogP contribution in [0.2, 0.25) is 0 Å². The first-order chi connectivity index (χ1) is 10.6. The zero-order chi connectivity index (χ0) is 15.9. The molecule has 1 N–H and O–H groups in total. The molecule has 22 heavy (non-hydrogen) atoms. The lowest BCUT2D eigenvalue weighted by Gasteiger charge is -2.21. The van der Waals surface area contributed by atoms with Crippen molar-refractivity contribution in [1.29, 1.82) is 0 Å². The van der Waals surface area contributed by atoms with Crippen LogP contribution in [0, 0.1) is 0 Å². The summed E-state index contributed by atoms with van der Waals surface area (Å²) in [6, 6.07) is -0.195. The molecule has 4 nitrogen and oxygen atoms in total. The van der Waals surface area contributed by atoms with Crippen LogP contribution in [0.4, 0.5) is 0 Å². The van der Waals surface area contributed by atoms with E-state index in [2.05, 4.69) is 24.1 Å². The topological polar surface area (TPSA) is 46.9 Å². The molecule has 1 atom stereocenters. The third-order valence-corrected chi connectivity index (χ3v) is 5.70. The second kappa shape index (κ2) is 8.61. The standard InChI is InChI=1S/C17H29N3OS/c1-13(2)16-18-9-11-20(16)14(3)17(21)19-10-12-22-15-7-5-4-6-8-15/h9,11,13-15H,4-8,10,12H2,1-3H3,(H,19,21)/t14-/m1/s1. The average molecular weight is 324 g/mol. The van der Waals surface area contributed by atoms with Gasteiger partial charge in [-0.2, -0.15) is 11.8 Å². The van der Waals surface area contributed by atoms with E-state index in [1.54, 1.807) is 6.20 Å². The predicted molar refractivity (Wildman–Crippen MR) is 93.4 cm³/mol. The monoisotopic (exact) mass is 323 g/mol. The zero-order valence-corrected chi connectivity index (χ0v) is 14.9. The molecule has 0 radical (unpaired) electrons. The van der Waals surface area contributed by atoms with Crippen molar-refractivity contribution in [3.8, 4) is 0 Å². The Hall–Kier alpha value is -0.970. The highest BCUT2D eigenvalue weighted by Crippen LogP contribution is 2.27. The number of nitrogens with zero attached hydrogens (tertiary/aromatic N) is 2. The summed E-state index contributed by atoms with van der Waals surface area (Å²) in [5.41, 5.74) is 0. The maximum Gasteiger partial charge on any atom is 0.242 e. The lowest BCUT2D eigenvalue weighted by Crippen LogP contribution is -2.33. The quantitative estimate of drug-likeness (QED) is 0.777. The summed E-state index contributed by atoms with van der Waals surface area (Å²) in [4.78, 5) is 16.7. The number of hydrogen-bond donors (Lipinski definition) is 1. The number of hydrogen-bond acceptors (Lipinski definition) is 3. The fraction of sp³-hybridized carbons (Fsp3) is 0.765. The molecule has 1 aromatic heterocycles. The molecule has 0 unspecified atom stereocenters. The Morgan fingerprint density at radius 1 is 1.36 bits per heavy atom. The van der Waals surface area contributed by atoms with E-state index in [0.29, 0.717) is 5.92 Å². The SMILES string of the molecule is CC(C)c1nccn1[C@H](C)C(=O)NCCSC1CCCCC1. The van der Waals surface area contributed by atoms with Crippen LogP contribution in [0.5, 0.6) is 0 Å². The molecular formula is C17H29N3OS. The first-order valence-corrected chi connectivity index (χ1v) is 9.56. The number of thioether (sulfide) groups is 1. The molecular weight excluding hydrogens is 294 g/mol. The van der Waals surface area contributed by atoms with Crippen molar-refractivity contribution in [2.75, 3.05) is 12.3 Å². The van der Waals surface area contributed by atoms with Crippen LogP contribution in [0.3, 0.4) is 0 Å². The minimum absolute atomic E-state index is 0.0872. The van der Waals surface area contributed by atoms with Gasteiger partial charge in [0, 0.05) is 35.9 Å². The third kappa shape index (κ3) is 4.77. The fourth-order valence-electron chi connectivity index (χ4n) is 3.00. The Labute approximate surface area is 138 Å². The molecule has 1 aromatic rings. The second-order valence-electron chi connectivity index (χ2n) is 6.45. The van der Waals surface area contributed by atoms with Gasteiger partial charge in [0.1, 0.15) is 11.9 Å². The van der Waals surface area contributed by atoms with Gasteiger partial charge in [-0.3, -0.25) is 4.79 Å². The van der Waals surface area contributed by atoms with E-state index in [4.69, 9.17) is 0 Å². The molecule has 0 aliphatic heterocycles. The molecule has 1 amide bonds. The number of rotatable bonds is 7. The van der Waals surface area contributed by atoms with Crippen molar-refractivity contribution in [2.24, 2.45) is 0 Å². The lowest BCUT2D eigenvalue weighted by molar-refractivity contribution is -0.123. The van der Waals surface area contributed by atoms with Gasteiger partial charge in [0.15, 0.2) is 0 Å². The maximum atomic E-state index is 12.3. The second-order valence-corrected chi connectivity index (χ2v) is 7.85. The Balaban J connectivity index is 1.73. The van der Waals surface area contributed by atoms with Crippen molar-refractivity contribution in [3.05, 3.63) is 18.2 Å². The molecule has 0 spiro atoms. The normalized spacial score (nSPS) is 17.6. The molecule has 1 aliphatic rings. The van der Waals surface area contributed by atoms with Crippen LogP contribution in [0.25, 0.3) is 0 Å². The summed E-state index contributed by atoms with van der Waals surface area (Å²) in [6.07, 6.45) is 10.5. The van der Waals surface area contributed by atoms with E-state index in [1.165, 1.54) is 32.1 Å². The van der Waals surface area contributed by atoms with E-state index in [9.17, 15) is 4.79 Å². The van der Waals surface area contributed by atoms with Crippen molar-refractivity contribution in [3.63, 3.8) is 0 Å². The minimum Gasteiger partial charge on any atom is -0.353 e. The Kier molecular flexibility index (Phi) is 6.80. The van der Waals surface area contributed by atoms with Gasteiger partial charge < -0.3 is 9.88 Å². The van der Waals surface area contributed by atoms with Crippen LogP contribution in [0.15, 0.2) is 12.4 Å². The highest BCUT2D eigenvalue weighted by molar-refractivity contribution is 7.99. The van der Waals surface area contributed by atoms with Gasteiger partial charge in [0.25, 0.3) is 0 Å². The summed E-state index contributed by atoms with van der Waals surface area (Å²) in [6.45, 7) is 6.90. The van der Waals surface area contributed by atoms with Gasteiger partial charge in [0.2, 0.25) is 5.91 Å². The maximum absolute atomic E-state index is 12.3. The lowest BCUT2D eigenvalue weighted by atomic mass is 10.0. The van der Waals surface area contributed by atoms with Crippen LogP contribution < -0.4 is 5.32 Å². The van der Waals surface area contributed by atoms with Gasteiger partial charge in [0.05, 0.1) is 0 Å². The summed E-state index contributed by atoms with van der Waals surface area (Å²) in [5, 5.41) is 3.88. The molecule has 1 aliphatic carbocycles. The largest absolute Gasteiger partial charge is 0.353 e. The molecule has 1 saturated carbocycles. The molecule has 0 aromatic carbocycles. The van der Waals surface area contributed by atoms with Gasteiger partial charge in [-0.25, -0.2) is 4.98 Å². The Bertz CT molecular complexity index is 466. The predicted octanol–water partition coefficient (Wildman–Crippen LogP) is 3.75. The van der Waals surface area contributed by atoms with Gasteiger partial charge in [-0.15, -0.1) is 0 Å².